The van der Waals surface area contributed by atoms with Gasteiger partial charge in [-0.1, -0.05) is 18.9 Å². The van der Waals surface area contributed by atoms with Crippen molar-refractivity contribution in [1.82, 2.24) is 9.88 Å². The number of urea groups is 1. The summed E-state index contributed by atoms with van der Waals surface area (Å²) in [7, 11) is 1.76. The van der Waals surface area contributed by atoms with Crippen LogP contribution in [0.2, 0.25) is 0 Å². The SMILES string of the molecule is Cc1cnccc1CN(C)C(=O)Nc1cccc(NC(=O)C2CCCC2)c1C. The fourth-order valence-electron chi connectivity index (χ4n) is 3.55. The van der Waals surface area contributed by atoms with Gasteiger partial charge in [-0.05, 0) is 61.6 Å². The lowest BCUT2D eigenvalue weighted by atomic mass is 10.1. The van der Waals surface area contributed by atoms with Crippen LogP contribution in [0.1, 0.15) is 42.4 Å². The van der Waals surface area contributed by atoms with E-state index in [0.717, 1.165) is 48.1 Å². The van der Waals surface area contributed by atoms with Crippen LogP contribution in [0.5, 0.6) is 0 Å². The lowest BCUT2D eigenvalue weighted by Crippen LogP contribution is -2.31. The highest BCUT2D eigenvalue weighted by Crippen LogP contribution is 2.28. The third-order valence-electron chi connectivity index (χ3n) is 5.45. The van der Waals surface area contributed by atoms with Gasteiger partial charge in [0.15, 0.2) is 0 Å². The van der Waals surface area contributed by atoms with Crippen molar-refractivity contribution in [1.29, 1.82) is 0 Å². The van der Waals surface area contributed by atoms with Crippen LogP contribution >= 0.6 is 0 Å². The number of nitrogens with zero attached hydrogens (tertiary/aromatic N) is 2. The van der Waals surface area contributed by atoms with E-state index in [2.05, 4.69) is 15.6 Å². The normalized spacial score (nSPS) is 14.0. The predicted octanol–water partition coefficient (Wildman–Crippen LogP) is 4.49. The molecule has 1 heterocycles. The Balaban J connectivity index is 1.65. The van der Waals surface area contributed by atoms with Gasteiger partial charge in [0.05, 0.1) is 0 Å². The van der Waals surface area contributed by atoms with Crippen molar-refractivity contribution in [3.05, 3.63) is 53.3 Å². The fourth-order valence-corrected chi connectivity index (χ4v) is 3.55. The summed E-state index contributed by atoms with van der Waals surface area (Å²) >= 11 is 0. The molecule has 2 aromatic rings. The molecule has 3 amide bonds. The molecule has 1 saturated carbocycles. The Morgan fingerprint density at radius 1 is 1.11 bits per heavy atom. The van der Waals surface area contributed by atoms with Gasteiger partial charge in [-0.25, -0.2) is 4.79 Å². The van der Waals surface area contributed by atoms with Crippen LogP contribution < -0.4 is 10.6 Å². The lowest BCUT2D eigenvalue weighted by Gasteiger charge is -2.21. The molecule has 1 aromatic heterocycles. The molecule has 0 unspecified atom stereocenters. The van der Waals surface area contributed by atoms with E-state index in [-0.39, 0.29) is 17.9 Å². The number of pyridine rings is 1. The van der Waals surface area contributed by atoms with Gasteiger partial charge in [-0.2, -0.15) is 0 Å². The quantitative estimate of drug-likeness (QED) is 0.802. The maximum Gasteiger partial charge on any atom is 0.321 e. The number of hydrogen-bond acceptors (Lipinski definition) is 3. The van der Waals surface area contributed by atoms with Gasteiger partial charge in [0.1, 0.15) is 0 Å². The first-order valence-electron chi connectivity index (χ1n) is 9.78. The Bertz CT molecular complexity index is 859. The van der Waals surface area contributed by atoms with Crippen LogP contribution in [0.25, 0.3) is 0 Å². The molecule has 2 N–H and O–H groups in total. The second-order valence-electron chi connectivity index (χ2n) is 7.54. The largest absolute Gasteiger partial charge is 0.326 e. The standard InChI is InChI=1S/C22H28N4O2/c1-15-13-23-12-11-18(15)14-26(3)22(28)25-20-10-6-9-19(16(20)2)24-21(27)17-7-4-5-8-17/h6,9-13,17H,4-5,7-8,14H2,1-3H3,(H,24,27)(H,25,28). The molecule has 1 aromatic carbocycles. The summed E-state index contributed by atoms with van der Waals surface area (Å²) < 4.78 is 0. The minimum Gasteiger partial charge on any atom is -0.326 e. The van der Waals surface area contributed by atoms with Gasteiger partial charge in [-0.15, -0.1) is 0 Å². The highest BCUT2D eigenvalue weighted by molar-refractivity contribution is 5.96. The second-order valence-corrected chi connectivity index (χ2v) is 7.54. The number of anilines is 2. The van der Waals surface area contributed by atoms with Gasteiger partial charge < -0.3 is 15.5 Å². The Labute approximate surface area is 166 Å². The van der Waals surface area contributed by atoms with E-state index in [1.807, 2.05) is 38.1 Å². The zero-order chi connectivity index (χ0) is 20.1. The molecule has 0 saturated heterocycles. The number of aromatic nitrogens is 1. The first-order chi connectivity index (χ1) is 13.5. The first-order valence-corrected chi connectivity index (χ1v) is 9.78. The smallest absolute Gasteiger partial charge is 0.321 e. The zero-order valence-corrected chi connectivity index (χ0v) is 16.8. The van der Waals surface area contributed by atoms with E-state index >= 15 is 0 Å². The molecule has 3 rings (SSSR count). The number of hydrogen-bond donors (Lipinski definition) is 2. The average Bonchev–Trinajstić information content (AvgIpc) is 3.21. The van der Waals surface area contributed by atoms with Crippen LogP contribution in [-0.2, 0) is 11.3 Å². The average molecular weight is 380 g/mol. The van der Waals surface area contributed by atoms with Gasteiger partial charge >= 0.3 is 6.03 Å². The molecular weight excluding hydrogens is 352 g/mol. The zero-order valence-electron chi connectivity index (χ0n) is 16.8. The number of rotatable bonds is 5. The summed E-state index contributed by atoms with van der Waals surface area (Å²) in [6, 6.07) is 7.30. The summed E-state index contributed by atoms with van der Waals surface area (Å²) in [6.07, 6.45) is 7.68. The monoisotopic (exact) mass is 380 g/mol. The van der Waals surface area contributed by atoms with Crippen LogP contribution in [0.4, 0.5) is 16.2 Å². The topological polar surface area (TPSA) is 74.3 Å². The lowest BCUT2D eigenvalue weighted by molar-refractivity contribution is -0.119. The molecule has 0 aliphatic heterocycles. The molecule has 0 radical (unpaired) electrons. The van der Waals surface area contributed by atoms with E-state index in [1.165, 1.54) is 0 Å². The summed E-state index contributed by atoms with van der Waals surface area (Å²) in [6.45, 7) is 4.39. The van der Waals surface area contributed by atoms with E-state index < -0.39 is 0 Å². The maximum atomic E-state index is 12.6. The van der Waals surface area contributed by atoms with E-state index in [9.17, 15) is 9.59 Å². The molecule has 1 aliphatic rings. The third kappa shape index (κ3) is 4.68. The van der Waals surface area contributed by atoms with Crippen molar-refractivity contribution in [2.24, 2.45) is 5.92 Å². The van der Waals surface area contributed by atoms with Crippen molar-refractivity contribution in [2.45, 2.75) is 46.1 Å². The minimum atomic E-state index is -0.196. The van der Waals surface area contributed by atoms with E-state index in [1.54, 1.807) is 24.3 Å². The first kappa shape index (κ1) is 19.9. The van der Waals surface area contributed by atoms with E-state index in [0.29, 0.717) is 12.2 Å². The molecule has 6 heteroatoms. The van der Waals surface area contributed by atoms with Crippen molar-refractivity contribution >= 4 is 23.3 Å². The van der Waals surface area contributed by atoms with E-state index in [4.69, 9.17) is 0 Å². The van der Waals surface area contributed by atoms with Gasteiger partial charge in [0.2, 0.25) is 5.91 Å². The Kier molecular flexibility index (Phi) is 6.29. The number of carbonyl (C=O) groups is 2. The molecule has 28 heavy (non-hydrogen) atoms. The van der Waals surface area contributed by atoms with Crippen molar-refractivity contribution in [3.8, 4) is 0 Å². The van der Waals surface area contributed by atoms with Crippen molar-refractivity contribution in [3.63, 3.8) is 0 Å². The highest BCUT2D eigenvalue weighted by Gasteiger charge is 2.23. The Morgan fingerprint density at radius 2 is 1.79 bits per heavy atom. The second kappa shape index (κ2) is 8.87. The highest BCUT2D eigenvalue weighted by atomic mass is 16.2. The number of nitrogens with one attached hydrogen (secondary N) is 2. The number of amides is 3. The van der Waals surface area contributed by atoms with Crippen LogP contribution in [0, 0.1) is 19.8 Å². The maximum absolute atomic E-state index is 12.6. The van der Waals surface area contributed by atoms with Gasteiger partial charge in [-0.3, -0.25) is 9.78 Å². The van der Waals surface area contributed by atoms with Gasteiger partial charge in [0, 0.05) is 43.3 Å². The molecule has 0 bridgehead atoms. The van der Waals surface area contributed by atoms with Crippen LogP contribution in [0.15, 0.2) is 36.7 Å². The van der Waals surface area contributed by atoms with Crippen molar-refractivity contribution in [2.75, 3.05) is 17.7 Å². The summed E-state index contributed by atoms with van der Waals surface area (Å²) in [5.41, 5.74) is 4.42. The van der Waals surface area contributed by atoms with Crippen molar-refractivity contribution < 1.29 is 9.59 Å². The molecule has 148 valence electrons. The molecule has 1 fully saturated rings. The summed E-state index contributed by atoms with van der Waals surface area (Å²) in [4.78, 5) is 30.8. The molecular formula is C22H28N4O2. The molecule has 0 atom stereocenters. The summed E-state index contributed by atoms with van der Waals surface area (Å²) in [5, 5.41) is 5.98. The summed E-state index contributed by atoms with van der Waals surface area (Å²) in [5.74, 6) is 0.182. The molecule has 0 spiro atoms. The molecule has 6 nitrogen and oxygen atoms in total. The Hall–Kier alpha value is -2.89. The fraction of sp³-hybridized carbons (Fsp3) is 0.409. The van der Waals surface area contributed by atoms with Crippen LogP contribution in [0.3, 0.4) is 0 Å². The Morgan fingerprint density at radius 3 is 2.46 bits per heavy atom. The van der Waals surface area contributed by atoms with Gasteiger partial charge in [0.25, 0.3) is 0 Å². The third-order valence-corrected chi connectivity index (χ3v) is 5.45. The predicted molar refractivity (Wildman–Crippen MR) is 111 cm³/mol. The van der Waals surface area contributed by atoms with Crippen LogP contribution in [-0.4, -0.2) is 28.9 Å². The number of aryl methyl sites for hydroxylation is 1. The minimum absolute atomic E-state index is 0.0781. The molecule has 1 aliphatic carbocycles. The number of carbonyl (C=O) groups excluding carboxylic acids is 2. The number of benzene rings is 1.